The molecule has 2 N–H and O–H groups in total. The van der Waals surface area contributed by atoms with Crippen molar-refractivity contribution in [3.05, 3.63) is 69.8 Å². The summed E-state index contributed by atoms with van der Waals surface area (Å²) in [5, 5.41) is 10.6. The minimum absolute atomic E-state index is 0.106. The zero-order valence-electron chi connectivity index (χ0n) is 14.1. The largest absolute Gasteiger partial charge is 0.497 e. The molecule has 0 aromatic heterocycles. The molecule has 2 aromatic rings. The van der Waals surface area contributed by atoms with E-state index in [0.29, 0.717) is 5.75 Å². The third kappa shape index (κ3) is 5.53. The maximum absolute atomic E-state index is 11.9. The Hall–Kier alpha value is -3.95. The van der Waals surface area contributed by atoms with Gasteiger partial charge in [0.05, 0.1) is 17.6 Å². The smallest absolute Gasteiger partial charge is 0.338 e. The topological polar surface area (TPSA) is 137 Å². The summed E-state index contributed by atoms with van der Waals surface area (Å²) < 4.78 is 9.82. The molecule has 0 radical (unpaired) electrons. The number of benzene rings is 2. The van der Waals surface area contributed by atoms with Gasteiger partial charge in [-0.3, -0.25) is 30.6 Å². The summed E-state index contributed by atoms with van der Waals surface area (Å²) >= 11 is 0. The van der Waals surface area contributed by atoms with Gasteiger partial charge in [0.25, 0.3) is 17.5 Å². The predicted octanol–water partition coefficient (Wildman–Crippen LogP) is 1.22. The minimum Gasteiger partial charge on any atom is -0.497 e. The number of ether oxygens (including phenoxy) is 2. The number of non-ortho nitro benzene ring substituents is 1. The molecule has 2 aromatic carbocycles. The van der Waals surface area contributed by atoms with Crippen LogP contribution in [-0.4, -0.2) is 36.4 Å². The van der Waals surface area contributed by atoms with Crippen molar-refractivity contribution in [3.8, 4) is 5.75 Å². The van der Waals surface area contributed by atoms with Crippen molar-refractivity contribution in [3.63, 3.8) is 0 Å². The first-order valence-electron chi connectivity index (χ1n) is 7.55. The summed E-state index contributed by atoms with van der Waals surface area (Å²) in [5.74, 6) is -1.71. The minimum atomic E-state index is -0.762. The average molecular weight is 373 g/mol. The van der Waals surface area contributed by atoms with Crippen molar-refractivity contribution in [1.82, 2.24) is 10.9 Å². The fourth-order valence-corrected chi connectivity index (χ4v) is 1.93. The molecule has 0 unspecified atom stereocenters. The van der Waals surface area contributed by atoms with Gasteiger partial charge in [-0.15, -0.1) is 0 Å². The quantitative estimate of drug-likeness (QED) is 0.441. The van der Waals surface area contributed by atoms with Crippen LogP contribution in [0.1, 0.15) is 20.7 Å². The first kappa shape index (κ1) is 19.4. The Morgan fingerprint density at radius 1 is 1.04 bits per heavy atom. The second kappa shape index (κ2) is 8.94. The highest BCUT2D eigenvalue weighted by molar-refractivity contribution is 5.96. The summed E-state index contributed by atoms with van der Waals surface area (Å²) in [5.41, 5.74) is 4.33. The second-order valence-electron chi connectivity index (χ2n) is 5.11. The average Bonchev–Trinajstić information content (AvgIpc) is 2.70. The van der Waals surface area contributed by atoms with Crippen molar-refractivity contribution < 1.29 is 28.8 Å². The predicted molar refractivity (Wildman–Crippen MR) is 92.0 cm³/mol. The number of nitrogens with zero attached hydrogens (tertiary/aromatic N) is 1. The van der Waals surface area contributed by atoms with E-state index in [4.69, 9.17) is 9.47 Å². The molecule has 0 aliphatic rings. The summed E-state index contributed by atoms with van der Waals surface area (Å²) in [6.45, 7) is -0.614. The van der Waals surface area contributed by atoms with Crippen molar-refractivity contribution in [1.29, 1.82) is 0 Å². The van der Waals surface area contributed by atoms with Crippen molar-refractivity contribution in [2.24, 2.45) is 0 Å². The first-order chi connectivity index (χ1) is 12.9. The van der Waals surface area contributed by atoms with E-state index in [1.807, 2.05) is 0 Å². The molecule has 2 amide bonds. The van der Waals surface area contributed by atoms with Gasteiger partial charge in [-0.1, -0.05) is 6.07 Å². The molecule has 0 aliphatic carbocycles. The Kier molecular flexibility index (Phi) is 6.42. The van der Waals surface area contributed by atoms with Crippen LogP contribution in [0, 0.1) is 10.1 Å². The van der Waals surface area contributed by atoms with E-state index in [2.05, 4.69) is 10.9 Å². The fraction of sp³-hybridized carbons (Fsp3) is 0.118. The van der Waals surface area contributed by atoms with Crippen LogP contribution in [0.4, 0.5) is 5.69 Å². The lowest BCUT2D eigenvalue weighted by atomic mass is 10.2. The van der Waals surface area contributed by atoms with Crippen LogP contribution in [0.15, 0.2) is 48.5 Å². The maximum atomic E-state index is 11.9. The standard InChI is InChI=1S/C17H15N3O7/c1-26-14-4-2-3-12(9-14)17(23)27-10-15(21)18-19-16(22)11-5-7-13(8-6-11)20(24)25/h2-9H,10H2,1H3,(H,18,21)(H,19,22). The molecule has 27 heavy (non-hydrogen) atoms. The number of hydrazine groups is 1. The molecule has 0 heterocycles. The van der Waals surface area contributed by atoms with Gasteiger partial charge in [0, 0.05) is 17.7 Å². The summed E-state index contributed by atoms with van der Waals surface area (Å²) in [7, 11) is 1.45. The molecular formula is C17H15N3O7. The molecule has 2 rings (SSSR count). The Labute approximate surface area is 153 Å². The zero-order chi connectivity index (χ0) is 19.8. The zero-order valence-corrected chi connectivity index (χ0v) is 14.1. The van der Waals surface area contributed by atoms with Crippen molar-refractivity contribution in [2.45, 2.75) is 0 Å². The SMILES string of the molecule is COc1cccc(C(=O)OCC(=O)NNC(=O)c2ccc([N+](=O)[O-])cc2)c1. The normalized spacial score (nSPS) is 9.81. The van der Waals surface area contributed by atoms with Gasteiger partial charge < -0.3 is 9.47 Å². The molecule has 0 aliphatic heterocycles. The van der Waals surface area contributed by atoms with Crippen LogP contribution in [0.3, 0.4) is 0 Å². The van der Waals surface area contributed by atoms with Crippen molar-refractivity contribution >= 4 is 23.5 Å². The highest BCUT2D eigenvalue weighted by atomic mass is 16.6. The molecule has 0 bridgehead atoms. The van der Waals surface area contributed by atoms with Gasteiger partial charge in [-0.25, -0.2) is 4.79 Å². The number of carbonyl (C=O) groups excluding carboxylic acids is 3. The fourth-order valence-electron chi connectivity index (χ4n) is 1.93. The number of rotatable bonds is 6. The molecule has 140 valence electrons. The van der Waals surface area contributed by atoms with E-state index >= 15 is 0 Å². The number of nitro benzene ring substituents is 1. The maximum Gasteiger partial charge on any atom is 0.338 e. The third-order valence-electron chi connectivity index (χ3n) is 3.30. The van der Waals surface area contributed by atoms with E-state index in [1.54, 1.807) is 12.1 Å². The second-order valence-corrected chi connectivity index (χ2v) is 5.11. The number of amides is 2. The summed E-state index contributed by atoms with van der Waals surface area (Å²) in [6.07, 6.45) is 0. The Balaban J connectivity index is 1.80. The Morgan fingerprint density at radius 3 is 2.37 bits per heavy atom. The molecule has 0 atom stereocenters. The third-order valence-corrected chi connectivity index (χ3v) is 3.30. The van der Waals surface area contributed by atoms with E-state index < -0.39 is 29.3 Å². The van der Waals surface area contributed by atoms with Crippen LogP contribution >= 0.6 is 0 Å². The number of hydrogen-bond acceptors (Lipinski definition) is 7. The van der Waals surface area contributed by atoms with Gasteiger partial charge in [-0.2, -0.15) is 0 Å². The van der Waals surface area contributed by atoms with Gasteiger partial charge in [-0.05, 0) is 30.3 Å². The molecule has 0 saturated carbocycles. The number of nitrogens with one attached hydrogen (secondary N) is 2. The molecule has 0 spiro atoms. The lowest BCUT2D eigenvalue weighted by molar-refractivity contribution is -0.384. The number of carbonyl (C=O) groups is 3. The number of esters is 1. The number of hydrogen-bond donors (Lipinski definition) is 2. The number of nitro groups is 1. The lowest BCUT2D eigenvalue weighted by Crippen LogP contribution is -2.43. The van der Waals surface area contributed by atoms with Crippen LogP contribution in [-0.2, 0) is 9.53 Å². The van der Waals surface area contributed by atoms with Gasteiger partial charge in [0.2, 0.25) is 0 Å². The van der Waals surface area contributed by atoms with E-state index in [1.165, 1.54) is 31.4 Å². The van der Waals surface area contributed by atoms with Gasteiger partial charge in [0.1, 0.15) is 5.75 Å². The van der Waals surface area contributed by atoms with Crippen LogP contribution in [0.2, 0.25) is 0 Å². The lowest BCUT2D eigenvalue weighted by Gasteiger charge is -2.08. The number of methoxy groups -OCH3 is 1. The van der Waals surface area contributed by atoms with E-state index in [-0.39, 0.29) is 16.8 Å². The van der Waals surface area contributed by atoms with E-state index in [0.717, 1.165) is 12.1 Å². The highest BCUT2D eigenvalue weighted by Gasteiger charge is 2.13. The van der Waals surface area contributed by atoms with Gasteiger partial charge in [0.15, 0.2) is 6.61 Å². The highest BCUT2D eigenvalue weighted by Crippen LogP contribution is 2.13. The van der Waals surface area contributed by atoms with E-state index in [9.17, 15) is 24.5 Å². The molecule has 10 heteroatoms. The summed E-state index contributed by atoms with van der Waals surface area (Å²) in [6, 6.07) is 11.0. The van der Waals surface area contributed by atoms with Gasteiger partial charge >= 0.3 is 5.97 Å². The van der Waals surface area contributed by atoms with Crippen LogP contribution < -0.4 is 15.6 Å². The van der Waals surface area contributed by atoms with Crippen LogP contribution in [0.5, 0.6) is 5.75 Å². The van der Waals surface area contributed by atoms with Crippen molar-refractivity contribution in [2.75, 3.05) is 13.7 Å². The Bertz CT molecular complexity index is 865. The molecular weight excluding hydrogens is 358 g/mol. The summed E-state index contributed by atoms with van der Waals surface area (Å²) in [4.78, 5) is 45.3. The molecule has 10 nitrogen and oxygen atoms in total. The molecule has 0 fully saturated rings. The van der Waals surface area contributed by atoms with Crippen LogP contribution in [0.25, 0.3) is 0 Å². The first-order valence-corrected chi connectivity index (χ1v) is 7.55. The Morgan fingerprint density at radius 2 is 1.74 bits per heavy atom. The monoisotopic (exact) mass is 373 g/mol. The molecule has 0 saturated heterocycles.